The number of hydrogen-bond donors (Lipinski definition) is 1. The van der Waals surface area contributed by atoms with Crippen LogP contribution in [0.25, 0.3) is 0 Å². The van der Waals surface area contributed by atoms with E-state index in [4.69, 9.17) is 5.73 Å². The number of hydrogen-bond acceptors (Lipinski definition) is 2. The van der Waals surface area contributed by atoms with E-state index >= 15 is 0 Å². The average Bonchev–Trinajstić information content (AvgIpc) is 2.30. The molecule has 1 aliphatic rings. The standard InChI is InChI=1S/C16H26N2/c1-11-7-12(2)14(4)18(9-11)10-15-5-6-16(17)13(3)8-15/h5-6,8,11-12,14H,7,9-10,17H2,1-4H3. The largest absolute Gasteiger partial charge is 0.399 e. The third-order valence-corrected chi connectivity index (χ3v) is 4.44. The zero-order valence-corrected chi connectivity index (χ0v) is 12.1. The predicted molar refractivity (Wildman–Crippen MR) is 78.4 cm³/mol. The van der Waals surface area contributed by atoms with E-state index in [0.717, 1.165) is 24.1 Å². The summed E-state index contributed by atoms with van der Waals surface area (Å²) in [7, 11) is 0. The Hall–Kier alpha value is -1.02. The summed E-state index contributed by atoms with van der Waals surface area (Å²) in [5, 5.41) is 0. The normalized spacial score (nSPS) is 29.4. The zero-order chi connectivity index (χ0) is 13.3. The third kappa shape index (κ3) is 2.86. The van der Waals surface area contributed by atoms with Crippen molar-refractivity contribution in [2.45, 2.75) is 46.7 Å². The van der Waals surface area contributed by atoms with Gasteiger partial charge in [0.2, 0.25) is 0 Å². The molecule has 0 radical (unpaired) electrons. The Balaban J connectivity index is 2.09. The van der Waals surface area contributed by atoms with Crippen LogP contribution in [0, 0.1) is 18.8 Å². The van der Waals surface area contributed by atoms with Gasteiger partial charge in [-0.3, -0.25) is 4.90 Å². The van der Waals surface area contributed by atoms with Crippen LogP contribution >= 0.6 is 0 Å². The summed E-state index contributed by atoms with van der Waals surface area (Å²) in [4.78, 5) is 2.61. The molecule has 0 spiro atoms. The molecule has 1 fully saturated rings. The Morgan fingerprint density at radius 2 is 2.00 bits per heavy atom. The number of anilines is 1. The van der Waals surface area contributed by atoms with Crippen molar-refractivity contribution in [3.05, 3.63) is 29.3 Å². The number of piperidine rings is 1. The summed E-state index contributed by atoms with van der Waals surface area (Å²) in [6.45, 7) is 11.5. The summed E-state index contributed by atoms with van der Waals surface area (Å²) >= 11 is 0. The topological polar surface area (TPSA) is 29.3 Å². The first-order valence-corrected chi connectivity index (χ1v) is 7.06. The highest BCUT2D eigenvalue weighted by Gasteiger charge is 2.28. The highest BCUT2D eigenvalue weighted by molar-refractivity contribution is 5.47. The molecule has 1 aromatic carbocycles. The van der Waals surface area contributed by atoms with Crippen LogP contribution in [0.15, 0.2) is 18.2 Å². The molecule has 1 aliphatic heterocycles. The minimum Gasteiger partial charge on any atom is -0.399 e. The van der Waals surface area contributed by atoms with E-state index in [-0.39, 0.29) is 0 Å². The van der Waals surface area contributed by atoms with Crippen molar-refractivity contribution < 1.29 is 0 Å². The Morgan fingerprint density at radius 1 is 1.28 bits per heavy atom. The molecule has 1 aromatic rings. The maximum absolute atomic E-state index is 5.88. The number of nitrogen functional groups attached to an aromatic ring is 1. The lowest BCUT2D eigenvalue weighted by atomic mass is 9.85. The molecule has 0 aliphatic carbocycles. The summed E-state index contributed by atoms with van der Waals surface area (Å²) in [6.07, 6.45) is 1.36. The van der Waals surface area contributed by atoms with Gasteiger partial charge in [-0.15, -0.1) is 0 Å². The molecular formula is C16H26N2. The van der Waals surface area contributed by atoms with Crippen molar-refractivity contribution in [3.8, 4) is 0 Å². The van der Waals surface area contributed by atoms with Gasteiger partial charge in [-0.1, -0.05) is 26.0 Å². The Labute approximate surface area is 111 Å². The van der Waals surface area contributed by atoms with E-state index in [0.29, 0.717) is 6.04 Å². The van der Waals surface area contributed by atoms with Crippen molar-refractivity contribution in [1.82, 2.24) is 4.90 Å². The Morgan fingerprint density at radius 3 is 2.67 bits per heavy atom. The van der Waals surface area contributed by atoms with Crippen LogP contribution in [0.4, 0.5) is 5.69 Å². The predicted octanol–water partition coefficient (Wildman–Crippen LogP) is 3.44. The van der Waals surface area contributed by atoms with Crippen molar-refractivity contribution in [2.24, 2.45) is 11.8 Å². The number of rotatable bonds is 2. The van der Waals surface area contributed by atoms with E-state index in [2.05, 4.69) is 44.7 Å². The fraction of sp³-hybridized carbons (Fsp3) is 0.625. The van der Waals surface area contributed by atoms with E-state index in [1.54, 1.807) is 0 Å². The molecule has 2 N–H and O–H groups in total. The lowest BCUT2D eigenvalue weighted by molar-refractivity contribution is 0.0729. The van der Waals surface area contributed by atoms with Crippen LogP contribution < -0.4 is 5.73 Å². The molecule has 1 saturated heterocycles. The van der Waals surface area contributed by atoms with Crippen molar-refractivity contribution in [2.75, 3.05) is 12.3 Å². The lowest BCUT2D eigenvalue weighted by Gasteiger charge is -2.41. The summed E-state index contributed by atoms with van der Waals surface area (Å²) in [6, 6.07) is 7.11. The first-order valence-electron chi connectivity index (χ1n) is 7.06. The minimum absolute atomic E-state index is 0.680. The van der Waals surface area contributed by atoms with Gasteiger partial charge in [0.15, 0.2) is 0 Å². The van der Waals surface area contributed by atoms with Crippen molar-refractivity contribution in [3.63, 3.8) is 0 Å². The molecule has 3 unspecified atom stereocenters. The SMILES string of the molecule is Cc1cc(CN2CC(C)CC(C)C2C)ccc1N. The molecule has 18 heavy (non-hydrogen) atoms. The number of nitrogens with two attached hydrogens (primary N) is 1. The third-order valence-electron chi connectivity index (χ3n) is 4.44. The fourth-order valence-electron chi connectivity index (χ4n) is 3.11. The van der Waals surface area contributed by atoms with E-state index in [1.165, 1.54) is 24.1 Å². The molecule has 0 aromatic heterocycles. The van der Waals surface area contributed by atoms with Gasteiger partial charge >= 0.3 is 0 Å². The molecule has 0 bridgehead atoms. The van der Waals surface area contributed by atoms with Crippen molar-refractivity contribution >= 4 is 5.69 Å². The molecule has 1 heterocycles. The molecule has 2 rings (SSSR count). The average molecular weight is 246 g/mol. The van der Waals surface area contributed by atoms with Gasteiger partial charge in [0.25, 0.3) is 0 Å². The monoisotopic (exact) mass is 246 g/mol. The van der Waals surface area contributed by atoms with Crippen LogP contribution in [0.2, 0.25) is 0 Å². The van der Waals surface area contributed by atoms with Crippen LogP contribution in [0.5, 0.6) is 0 Å². The van der Waals surface area contributed by atoms with Gasteiger partial charge in [-0.05, 0) is 49.3 Å². The highest BCUT2D eigenvalue weighted by Crippen LogP contribution is 2.28. The van der Waals surface area contributed by atoms with E-state index in [9.17, 15) is 0 Å². The van der Waals surface area contributed by atoms with E-state index < -0.39 is 0 Å². The molecule has 2 nitrogen and oxygen atoms in total. The van der Waals surface area contributed by atoms with Gasteiger partial charge in [0, 0.05) is 24.8 Å². The molecule has 0 saturated carbocycles. The Kier molecular flexibility index (Phi) is 3.96. The molecule has 3 atom stereocenters. The number of benzene rings is 1. The fourth-order valence-corrected chi connectivity index (χ4v) is 3.11. The van der Waals surface area contributed by atoms with Gasteiger partial charge in [-0.25, -0.2) is 0 Å². The summed E-state index contributed by atoms with van der Waals surface area (Å²) in [5.41, 5.74) is 9.35. The second-order valence-electron chi connectivity index (χ2n) is 6.18. The van der Waals surface area contributed by atoms with Crippen LogP contribution in [-0.4, -0.2) is 17.5 Å². The second kappa shape index (κ2) is 5.31. The van der Waals surface area contributed by atoms with Gasteiger partial charge in [-0.2, -0.15) is 0 Å². The first-order chi connectivity index (χ1) is 8.47. The minimum atomic E-state index is 0.680. The molecule has 100 valence electrons. The summed E-state index contributed by atoms with van der Waals surface area (Å²) < 4.78 is 0. The van der Waals surface area contributed by atoms with Crippen LogP contribution in [0.1, 0.15) is 38.3 Å². The number of nitrogens with zero attached hydrogens (tertiary/aromatic N) is 1. The van der Waals surface area contributed by atoms with Crippen LogP contribution in [0.3, 0.4) is 0 Å². The molecule has 2 heteroatoms. The Bertz CT molecular complexity index is 414. The van der Waals surface area contributed by atoms with Crippen molar-refractivity contribution in [1.29, 1.82) is 0 Å². The summed E-state index contributed by atoms with van der Waals surface area (Å²) in [5.74, 6) is 1.61. The van der Waals surface area contributed by atoms with Gasteiger partial charge in [0.05, 0.1) is 0 Å². The molecule has 0 amide bonds. The number of likely N-dealkylation sites (tertiary alicyclic amines) is 1. The first kappa shape index (κ1) is 13.4. The molecular weight excluding hydrogens is 220 g/mol. The zero-order valence-electron chi connectivity index (χ0n) is 12.1. The van der Waals surface area contributed by atoms with E-state index in [1.807, 2.05) is 6.07 Å². The van der Waals surface area contributed by atoms with Gasteiger partial charge in [0.1, 0.15) is 0 Å². The maximum Gasteiger partial charge on any atom is 0.0343 e. The smallest absolute Gasteiger partial charge is 0.0343 e. The lowest BCUT2D eigenvalue weighted by Crippen LogP contribution is -2.45. The quantitative estimate of drug-likeness (QED) is 0.810. The second-order valence-corrected chi connectivity index (χ2v) is 6.18. The number of aryl methyl sites for hydroxylation is 1. The highest BCUT2D eigenvalue weighted by atomic mass is 15.2. The maximum atomic E-state index is 5.88. The van der Waals surface area contributed by atoms with Gasteiger partial charge < -0.3 is 5.73 Å². The van der Waals surface area contributed by atoms with Crippen LogP contribution in [-0.2, 0) is 6.54 Å².